The number of allylic oxidation sites excluding steroid dienone is 8. The van der Waals surface area contributed by atoms with Gasteiger partial charge in [0.1, 0.15) is 6.61 Å². The number of nitrogens with two attached hydrogens (primary N) is 1. The van der Waals surface area contributed by atoms with Gasteiger partial charge in [0, 0.05) is 19.4 Å². The van der Waals surface area contributed by atoms with Crippen LogP contribution in [0.3, 0.4) is 0 Å². The number of esters is 2. The van der Waals surface area contributed by atoms with Gasteiger partial charge in [-0.1, -0.05) is 274 Å². The van der Waals surface area contributed by atoms with Gasteiger partial charge in [-0.25, -0.2) is 4.57 Å². The van der Waals surface area contributed by atoms with E-state index in [1.807, 2.05) is 0 Å². The fourth-order valence-corrected chi connectivity index (χ4v) is 9.88. The van der Waals surface area contributed by atoms with Crippen molar-refractivity contribution in [3.05, 3.63) is 48.6 Å². The first kappa shape index (κ1) is 71.0. The smallest absolute Gasteiger partial charge is 0.462 e. The molecule has 0 radical (unpaired) electrons. The number of hydrogen-bond acceptors (Lipinski definition) is 8. The molecule has 0 rings (SSSR count). The largest absolute Gasteiger partial charge is 0.472 e. The second kappa shape index (κ2) is 59.2. The molecule has 73 heavy (non-hydrogen) atoms. The second-order valence-electron chi connectivity index (χ2n) is 20.9. The minimum absolute atomic E-state index is 0.0485. The van der Waals surface area contributed by atoms with E-state index in [1.165, 1.54) is 218 Å². The summed E-state index contributed by atoms with van der Waals surface area (Å²) in [6.07, 6.45) is 73.8. The number of phosphoric ester groups is 1. The Hall–Kier alpha value is -2.03. The van der Waals surface area contributed by atoms with E-state index in [1.54, 1.807) is 0 Å². The monoisotopic (exact) mass is 1050 g/mol. The zero-order valence-electron chi connectivity index (χ0n) is 47.9. The summed E-state index contributed by atoms with van der Waals surface area (Å²) in [6.45, 7) is 3.62. The predicted octanol–water partition coefficient (Wildman–Crippen LogP) is 19.7. The first-order chi connectivity index (χ1) is 35.8. The molecule has 0 aromatic heterocycles. The highest BCUT2D eigenvalue weighted by Crippen LogP contribution is 2.43. The average Bonchev–Trinajstić information content (AvgIpc) is 3.38. The molecule has 9 nitrogen and oxygen atoms in total. The lowest BCUT2D eigenvalue weighted by atomic mass is 10.0. The molecule has 0 bridgehead atoms. The van der Waals surface area contributed by atoms with Crippen molar-refractivity contribution in [2.45, 2.75) is 315 Å². The molecule has 0 aliphatic carbocycles. The minimum atomic E-state index is -4.39. The number of phosphoric acid groups is 1. The predicted molar refractivity (Wildman–Crippen MR) is 312 cm³/mol. The number of rotatable bonds is 59. The SMILES string of the molecule is CC/C=C\C/C=C\C/C=C\CCCCCC(=O)OC(COC(=O)CCCCCCCCCCCCCCCCCCCCCCCCCCCCC/C=C\CCCCCCCCCC)COP(=O)(O)OCCN. The van der Waals surface area contributed by atoms with Gasteiger partial charge in [-0.05, 0) is 70.6 Å². The third kappa shape index (κ3) is 59.1. The Balaban J connectivity index is 3.71. The first-order valence-electron chi connectivity index (χ1n) is 31.1. The lowest BCUT2D eigenvalue weighted by molar-refractivity contribution is -0.161. The van der Waals surface area contributed by atoms with Crippen LogP contribution < -0.4 is 5.73 Å². The maximum atomic E-state index is 12.6. The summed E-state index contributed by atoms with van der Waals surface area (Å²) in [4.78, 5) is 35.1. The standard InChI is InChI=1S/C63H118NO8P/c1-3-5-7-9-11-13-15-17-18-19-20-21-22-23-24-25-26-27-28-29-30-31-32-33-34-35-36-37-38-39-40-41-42-44-45-47-49-51-53-55-62(65)69-59-61(60-71-73(67,68)70-58-57-64)72-63(66)56-54-52-50-48-46-43-16-14-12-10-8-6-4-2/h6,8,12,14,19-20,43,46,61H,3-5,7,9-11,13,15-18,21-42,44-45,47-60,64H2,1-2H3,(H,67,68)/b8-6-,14-12-,20-19-,46-43-. The maximum absolute atomic E-state index is 12.6. The number of unbranched alkanes of at least 4 members (excludes halogenated alkanes) is 38. The molecule has 10 heteroatoms. The van der Waals surface area contributed by atoms with Crippen LogP contribution in [0.2, 0.25) is 0 Å². The molecular formula is C63H118NO8P. The minimum Gasteiger partial charge on any atom is -0.462 e. The Morgan fingerprint density at radius 2 is 0.753 bits per heavy atom. The third-order valence-electron chi connectivity index (χ3n) is 13.7. The third-order valence-corrected chi connectivity index (χ3v) is 14.7. The summed E-state index contributed by atoms with van der Waals surface area (Å²) in [7, 11) is -4.39. The molecular weight excluding hydrogens is 930 g/mol. The molecule has 0 fully saturated rings. The van der Waals surface area contributed by atoms with Crippen LogP contribution in [-0.2, 0) is 32.7 Å². The fraction of sp³-hybridized carbons (Fsp3) is 0.841. The summed E-state index contributed by atoms with van der Waals surface area (Å²) in [5, 5.41) is 0. The summed E-state index contributed by atoms with van der Waals surface area (Å²) < 4.78 is 32.9. The van der Waals surface area contributed by atoms with E-state index in [0.29, 0.717) is 6.42 Å². The van der Waals surface area contributed by atoms with Gasteiger partial charge in [0.15, 0.2) is 6.10 Å². The molecule has 0 spiro atoms. The average molecular weight is 1050 g/mol. The van der Waals surface area contributed by atoms with Crippen molar-refractivity contribution in [1.82, 2.24) is 0 Å². The van der Waals surface area contributed by atoms with Crippen molar-refractivity contribution in [1.29, 1.82) is 0 Å². The number of carbonyl (C=O) groups is 2. The zero-order chi connectivity index (χ0) is 53.1. The van der Waals surface area contributed by atoms with Gasteiger partial charge in [0.2, 0.25) is 0 Å². The lowest BCUT2D eigenvalue weighted by Crippen LogP contribution is -2.29. The van der Waals surface area contributed by atoms with Crippen molar-refractivity contribution >= 4 is 19.8 Å². The van der Waals surface area contributed by atoms with E-state index in [0.717, 1.165) is 57.8 Å². The van der Waals surface area contributed by atoms with E-state index in [9.17, 15) is 19.0 Å². The van der Waals surface area contributed by atoms with Gasteiger partial charge in [0.05, 0.1) is 13.2 Å². The molecule has 0 aliphatic heterocycles. The number of ether oxygens (including phenoxy) is 2. The van der Waals surface area contributed by atoms with Crippen LogP contribution in [0, 0.1) is 0 Å². The van der Waals surface area contributed by atoms with Crippen molar-refractivity contribution in [3.8, 4) is 0 Å². The molecule has 0 amide bonds. The molecule has 0 aromatic rings. The Labute approximate surface area is 451 Å². The van der Waals surface area contributed by atoms with Gasteiger partial charge < -0.3 is 20.1 Å². The molecule has 3 N–H and O–H groups in total. The van der Waals surface area contributed by atoms with Crippen LogP contribution in [0.1, 0.15) is 309 Å². The Kier molecular flexibility index (Phi) is 57.6. The molecule has 2 atom stereocenters. The van der Waals surface area contributed by atoms with Crippen LogP contribution in [0.4, 0.5) is 0 Å². The Bertz CT molecular complexity index is 1330. The topological polar surface area (TPSA) is 134 Å². The maximum Gasteiger partial charge on any atom is 0.472 e. The summed E-state index contributed by atoms with van der Waals surface area (Å²) in [5.74, 6) is -0.853. The van der Waals surface area contributed by atoms with E-state index in [2.05, 4.69) is 62.5 Å². The molecule has 0 saturated carbocycles. The summed E-state index contributed by atoms with van der Waals surface area (Å²) >= 11 is 0. The highest BCUT2D eigenvalue weighted by molar-refractivity contribution is 7.47. The van der Waals surface area contributed by atoms with E-state index in [4.69, 9.17) is 24.3 Å². The van der Waals surface area contributed by atoms with Crippen LogP contribution in [0.25, 0.3) is 0 Å². The van der Waals surface area contributed by atoms with Crippen LogP contribution in [0.15, 0.2) is 48.6 Å². The molecule has 0 heterocycles. The highest BCUT2D eigenvalue weighted by Gasteiger charge is 2.26. The Morgan fingerprint density at radius 3 is 1.15 bits per heavy atom. The van der Waals surface area contributed by atoms with Crippen molar-refractivity contribution in [2.75, 3.05) is 26.4 Å². The molecule has 0 saturated heterocycles. The molecule has 2 unspecified atom stereocenters. The van der Waals surface area contributed by atoms with E-state index < -0.39 is 26.5 Å². The fourth-order valence-electron chi connectivity index (χ4n) is 9.12. The number of hydrogen-bond donors (Lipinski definition) is 2. The highest BCUT2D eigenvalue weighted by atomic mass is 31.2. The van der Waals surface area contributed by atoms with Gasteiger partial charge in [-0.15, -0.1) is 0 Å². The van der Waals surface area contributed by atoms with Crippen molar-refractivity contribution in [2.24, 2.45) is 5.73 Å². The second-order valence-corrected chi connectivity index (χ2v) is 22.3. The molecule has 428 valence electrons. The van der Waals surface area contributed by atoms with Crippen LogP contribution >= 0.6 is 7.82 Å². The normalized spacial score (nSPS) is 13.3. The Morgan fingerprint density at radius 1 is 0.425 bits per heavy atom. The van der Waals surface area contributed by atoms with Gasteiger partial charge in [-0.2, -0.15) is 0 Å². The summed E-state index contributed by atoms with van der Waals surface area (Å²) in [6, 6.07) is 0. The van der Waals surface area contributed by atoms with Crippen molar-refractivity contribution < 1.29 is 37.6 Å². The zero-order valence-corrected chi connectivity index (χ0v) is 48.8. The summed E-state index contributed by atoms with van der Waals surface area (Å²) in [5.41, 5.74) is 5.37. The van der Waals surface area contributed by atoms with Gasteiger partial charge in [-0.3, -0.25) is 18.6 Å². The first-order valence-corrected chi connectivity index (χ1v) is 32.6. The van der Waals surface area contributed by atoms with E-state index >= 15 is 0 Å². The van der Waals surface area contributed by atoms with Crippen LogP contribution in [-0.4, -0.2) is 49.3 Å². The van der Waals surface area contributed by atoms with Gasteiger partial charge in [0.25, 0.3) is 0 Å². The van der Waals surface area contributed by atoms with E-state index in [-0.39, 0.29) is 38.6 Å². The lowest BCUT2D eigenvalue weighted by Gasteiger charge is -2.19. The van der Waals surface area contributed by atoms with Crippen LogP contribution in [0.5, 0.6) is 0 Å². The molecule has 0 aliphatic rings. The van der Waals surface area contributed by atoms with Gasteiger partial charge >= 0.3 is 19.8 Å². The molecule has 0 aromatic carbocycles. The quantitative estimate of drug-likeness (QED) is 0.0264. The van der Waals surface area contributed by atoms with Crippen molar-refractivity contribution in [3.63, 3.8) is 0 Å². The number of carbonyl (C=O) groups excluding carboxylic acids is 2.